The van der Waals surface area contributed by atoms with Crippen molar-refractivity contribution in [1.82, 2.24) is 20.1 Å². The zero-order chi connectivity index (χ0) is 20.1. The van der Waals surface area contributed by atoms with E-state index in [1.165, 1.54) is 12.8 Å². The number of carbonyl (C=O) groups is 1. The van der Waals surface area contributed by atoms with Gasteiger partial charge in [-0.25, -0.2) is 0 Å². The molecule has 4 rings (SSSR count). The maximum absolute atomic E-state index is 12.5. The molecule has 2 aromatic carbocycles. The molecule has 0 fully saturated rings. The van der Waals surface area contributed by atoms with Crippen molar-refractivity contribution in [3.8, 4) is 11.4 Å². The molecule has 0 aliphatic carbocycles. The molecule has 0 saturated heterocycles. The first kappa shape index (κ1) is 19.2. The SMILES string of the molecule is CC(Nc1cccc(-c2nnc3n2CCCCC3)c1)C(=O)NCc1ccccc1. The summed E-state index contributed by atoms with van der Waals surface area (Å²) >= 11 is 0. The van der Waals surface area contributed by atoms with Crippen molar-refractivity contribution in [3.63, 3.8) is 0 Å². The van der Waals surface area contributed by atoms with Gasteiger partial charge < -0.3 is 15.2 Å². The van der Waals surface area contributed by atoms with Crippen molar-refractivity contribution in [2.75, 3.05) is 5.32 Å². The molecule has 1 aliphatic heterocycles. The van der Waals surface area contributed by atoms with Crippen LogP contribution in [0, 0.1) is 0 Å². The van der Waals surface area contributed by atoms with Crippen LogP contribution in [0.15, 0.2) is 54.6 Å². The highest BCUT2D eigenvalue weighted by Gasteiger charge is 2.17. The van der Waals surface area contributed by atoms with E-state index >= 15 is 0 Å². The van der Waals surface area contributed by atoms with E-state index in [1.807, 2.05) is 61.5 Å². The van der Waals surface area contributed by atoms with Gasteiger partial charge >= 0.3 is 0 Å². The molecule has 1 aromatic heterocycles. The summed E-state index contributed by atoms with van der Waals surface area (Å²) in [6.07, 6.45) is 4.56. The van der Waals surface area contributed by atoms with Gasteiger partial charge in [-0.2, -0.15) is 0 Å². The fourth-order valence-corrected chi connectivity index (χ4v) is 3.70. The largest absolute Gasteiger partial charge is 0.374 e. The van der Waals surface area contributed by atoms with Gasteiger partial charge in [0, 0.05) is 30.8 Å². The van der Waals surface area contributed by atoms with E-state index < -0.39 is 0 Å². The second-order valence-electron chi connectivity index (χ2n) is 7.55. The van der Waals surface area contributed by atoms with Gasteiger partial charge in [0.2, 0.25) is 5.91 Å². The zero-order valence-electron chi connectivity index (χ0n) is 16.8. The van der Waals surface area contributed by atoms with Crippen LogP contribution in [0.5, 0.6) is 0 Å². The van der Waals surface area contributed by atoms with Crippen molar-refractivity contribution < 1.29 is 4.79 Å². The average Bonchev–Trinajstić information content (AvgIpc) is 3.01. The highest BCUT2D eigenvalue weighted by Crippen LogP contribution is 2.25. The summed E-state index contributed by atoms with van der Waals surface area (Å²) in [5.41, 5.74) is 3.01. The topological polar surface area (TPSA) is 71.8 Å². The van der Waals surface area contributed by atoms with Gasteiger partial charge in [0.15, 0.2) is 5.82 Å². The smallest absolute Gasteiger partial charge is 0.242 e. The predicted molar refractivity (Wildman–Crippen MR) is 114 cm³/mol. The standard InChI is InChI=1S/C23H27N5O/c1-17(23(29)24-16-18-9-4-2-5-10-18)25-20-12-8-11-19(15-20)22-27-26-21-13-6-3-7-14-28(21)22/h2,4-5,8-12,15,17,25H,3,6-7,13-14,16H2,1H3,(H,24,29). The van der Waals surface area contributed by atoms with Gasteiger partial charge in [-0.1, -0.05) is 48.9 Å². The van der Waals surface area contributed by atoms with Crippen LogP contribution in [0.25, 0.3) is 11.4 Å². The lowest BCUT2D eigenvalue weighted by molar-refractivity contribution is -0.121. The molecule has 1 amide bonds. The molecule has 6 nitrogen and oxygen atoms in total. The van der Waals surface area contributed by atoms with Crippen molar-refractivity contribution in [2.24, 2.45) is 0 Å². The lowest BCUT2D eigenvalue weighted by atomic mass is 10.1. The number of nitrogens with zero attached hydrogens (tertiary/aromatic N) is 3. The monoisotopic (exact) mass is 389 g/mol. The summed E-state index contributed by atoms with van der Waals surface area (Å²) in [4.78, 5) is 12.5. The molecule has 150 valence electrons. The molecule has 1 aliphatic rings. The number of aromatic nitrogens is 3. The number of benzene rings is 2. The van der Waals surface area contributed by atoms with Gasteiger partial charge in [-0.15, -0.1) is 10.2 Å². The number of fused-ring (bicyclic) bond motifs is 1. The Morgan fingerprint density at radius 2 is 1.93 bits per heavy atom. The molecule has 6 heteroatoms. The van der Waals surface area contributed by atoms with Crippen LogP contribution in [-0.2, 0) is 24.3 Å². The van der Waals surface area contributed by atoms with Gasteiger partial charge in [-0.3, -0.25) is 4.79 Å². The maximum Gasteiger partial charge on any atom is 0.242 e. The second-order valence-corrected chi connectivity index (χ2v) is 7.55. The summed E-state index contributed by atoms with van der Waals surface area (Å²) < 4.78 is 2.24. The average molecular weight is 390 g/mol. The van der Waals surface area contributed by atoms with Crippen LogP contribution in [0.4, 0.5) is 5.69 Å². The van der Waals surface area contributed by atoms with E-state index in [-0.39, 0.29) is 11.9 Å². The molecule has 2 heterocycles. The molecule has 0 saturated carbocycles. The van der Waals surface area contributed by atoms with Crippen LogP contribution < -0.4 is 10.6 Å². The third kappa shape index (κ3) is 4.65. The number of amides is 1. The van der Waals surface area contributed by atoms with Gasteiger partial charge in [-0.05, 0) is 37.5 Å². The Bertz CT molecular complexity index is 966. The minimum Gasteiger partial charge on any atom is -0.374 e. The van der Waals surface area contributed by atoms with Gasteiger partial charge in [0.1, 0.15) is 11.9 Å². The molecule has 0 bridgehead atoms. The highest BCUT2D eigenvalue weighted by atomic mass is 16.2. The van der Waals surface area contributed by atoms with Crippen molar-refractivity contribution >= 4 is 11.6 Å². The molecule has 1 unspecified atom stereocenters. The Hall–Kier alpha value is -3.15. The first-order valence-corrected chi connectivity index (χ1v) is 10.3. The van der Waals surface area contributed by atoms with Gasteiger partial charge in [0.05, 0.1) is 0 Å². The summed E-state index contributed by atoms with van der Waals surface area (Å²) in [7, 11) is 0. The van der Waals surface area contributed by atoms with E-state index in [4.69, 9.17) is 0 Å². The van der Waals surface area contributed by atoms with Crippen LogP contribution in [0.1, 0.15) is 37.6 Å². The van der Waals surface area contributed by atoms with Gasteiger partial charge in [0.25, 0.3) is 0 Å². The minimum atomic E-state index is -0.343. The Morgan fingerprint density at radius 1 is 1.07 bits per heavy atom. The molecular weight excluding hydrogens is 362 g/mol. The summed E-state index contributed by atoms with van der Waals surface area (Å²) in [5.74, 6) is 1.95. The predicted octanol–water partition coefficient (Wildman–Crippen LogP) is 3.79. The Balaban J connectivity index is 1.42. The second kappa shape index (κ2) is 8.90. The normalized spacial score (nSPS) is 14.5. The lowest BCUT2D eigenvalue weighted by Crippen LogP contribution is -2.37. The number of anilines is 1. The molecule has 29 heavy (non-hydrogen) atoms. The van der Waals surface area contributed by atoms with E-state index in [0.29, 0.717) is 6.54 Å². The molecule has 0 radical (unpaired) electrons. The number of hydrogen-bond donors (Lipinski definition) is 2. The molecule has 2 N–H and O–H groups in total. The van der Waals surface area contributed by atoms with E-state index in [2.05, 4.69) is 25.4 Å². The molecule has 1 atom stereocenters. The Kier molecular flexibility index (Phi) is 5.89. The fraction of sp³-hybridized carbons (Fsp3) is 0.348. The van der Waals surface area contributed by atoms with Crippen LogP contribution >= 0.6 is 0 Å². The van der Waals surface area contributed by atoms with E-state index in [9.17, 15) is 4.79 Å². The van der Waals surface area contributed by atoms with Crippen LogP contribution in [0.2, 0.25) is 0 Å². The number of carbonyl (C=O) groups excluding carboxylic acids is 1. The highest BCUT2D eigenvalue weighted by molar-refractivity contribution is 5.84. The van der Waals surface area contributed by atoms with E-state index in [0.717, 1.165) is 47.8 Å². The van der Waals surface area contributed by atoms with Crippen molar-refractivity contribution in [2.45, 2.75) is 51.7 Å². The van der Waals surface area contributed by atoms with Crippen LogP contribution in [-0.4, -0.2) is 26.7 Å². The minimum absolute atomic E-state index is 0.0319. The fourth-order valence-electron chi connectivity index (χ4n) is 3.70. The zero-order valence-corrected chi connectivity index (χ0v) is 16.8. The number of nitrogens with one attached hydrogen (secondary N) is 2. The molecular formula is C23H27N5O. The van der Waals surface area contributed by atoms with Crippen molar-refractivity contribution in [1.29, 1.82) is 0 Å². The van der Waals surface area contributed by atoms with Crippen LogP contribution in [0.3, 0.4) is 0 Å². The van der Waals surface area contributed by atoms with E-state index in [1.54, 1.807) is 0 Å². The number of aryl methyl sites for hydroxylation is 1. The first-order chi connectivity index (χ1) is 14.2. The van der Waals surface area contributed by atoms with Crippen molar-refractivity contribution in [3.05, 3.63) is 66.0 Å². The number of rotatable bonds is 6. The number of hydrogen-bond acceptors (Lipinski definition) is 4. The maximum atomic E-state index is 12.5. The third-order valence-corrected chi connectivity index (χ3v) is 5.32. The Labute approximate surface area is 171 Å². The quantitative estimate of drug-likeness (QED) is 0.673. The summed E-state index contributed by atoms with van der Waals surface area (Å²) in [6, 6.07) is 17.6. The third-order valence-electron chi connectivity index (χ3n) is 5.32. The summed E-state index contributed by atoms with van der Waals surface area (Å²) in [6.45, 7) is 3.36. The summed E-state index contributed by atoms with van der Waals surface area (Å²) in [5, 5.41) is 15.1. The first-order valence-electron chi connectivity index (χ1n) is 10.3. The Morgan fingerprint density at radius 3 is 2.79 bits per heavy atom. The molecule has 3 aromatic rings. The lowest BCUT2D eigenvalue weighted by Gasteiger charge is -2.16. The molecule has 0 spiro atoms.